The molecule has 0 bridgehead atoms. The van der Waals surface area contributed by atoms with Crippen LogP contribution in [0.4, 0.5) is 0 Å². The number of nitrogens with zero attached hydrogens (tertiary/aromatic N) is 1. The fourth-order valence-electron chi connectivity index (χ4n) is 1.10. The zero-order valence-electron chi connectivity index (χ0n) is 5.59. The molecule has 0 aliphatic heterocycles. The van der Waals surface area contributed by atoms with Gasteiger partial charge < -0.3 is 0 Å². The Balaban J connectivity index is 2.95. The molecule has 56 valence electrons. The highest BCUT2D eigenvalue weighted by molar-refractivity contribution is 14.1. The van der Waals surface area contributed by atoms with Gasteiger partial charge in [0.2, 0.25) is 0 Å². The van der Waals surface area contributed by atoms with Gasteiger partial charge in [-0.25, -0.2) is 0 Å². The van der Waals surface area contributed by atoms with Gasteiger partial charge in [0.1, 0.15) is 0 Å². The number of hydrogen-bond donors (Lipinski definition) is 0. The lowest BCUT2D eigenvalue weighted by Gasteiger charge is -1.89. The van der Waals surface area contributed by atoms with Crippen LogP contribution in [0.15, 0.2) is 30.5 Å². The van der Waals surface area contributed by atoms with E-state index in [4.69, 9.17) is 11.8 Å². The number of fused-ring (bicyclic) bond motifs is 1. The summed E-state index contributed by atoms with van der Waals surface area (Å²) in [7, 11) is 0. The van der Waals surface area contributed by atoms with E-state index in [1.54, 1.807) is 4.09 Å². The largest absolute Gasteiger partial charge is 0.259 e. The van der Waals surface area contributed by atoms with E-state index in [0.717, 1.165) is 5.52 Å². The van der Waals surface area contributed by atoms with Crippen LogP contribution >= 0.6 is 34.4 Å². The third-order valence-electron chi connectivity index (χ3n) is 1.62. The fourth-order valence-corrected chi connectivity index (χ4v) is 2.24. The number of halogens is 2. The zero-order chi connectivity index (χ0) is 7.84. The van der Waals surface area contributed by atoms with E-state index in [1.165, 1.54) is 8.96 Å². The molecule has 1 heterocycles. The molecule has 3 heteroatoms. The molecule has 0 atom stereocenters. The van der Waals surface area contributed by atoms with Crippen LogP contribution < -0.4 is 0 Å². The predicted octanol–water partition coefficient (Wildman–Crippen LogP) is 3.25. The van der Waals surface area contributed by atoms with Crippen LogP contribution in [-0.2, 0) is 0 Å². The summed E-state index contributed by atoms with van der Waals surface area (Å²) in [6.45, 7) is 0. The minimum atomic E-state index is 1.07. The lowest BCUT2D eigenvalue weighted by Crippen LogP contribution is -1.72. The van der Waals surface area contributed by atoms with E-state index in [1.807, 2.05) is 24.4 Å². The molecular weight excluding hydrogens is 272 g/mol. The Kier molecular flexibility index (Phi) is 1.81. The lowest BCUT2D eigenvalue weighted by atomic mass is 10.3. The average Bonchev–Trinajstić information content (AvgIpc) is 2.30. The molecule has 1 nitrogen and oxygen atoms in total. The Bertz CT molecular complexity index is 358. The highest BCUT2D eigenvalue weighted by Gasteiger charge is 2.01. The van der Waals surface area contributed by atoms with Gasteiger partial charge in [0, 0.05) is 26.9 Å². The molecule has 0 aliphatic carbocycles. The van der Waals surface area contributed by atoms with Gasteiger partial charge in [-0.05, 0) is 28.7 Å². The molecule has 0 radical (unpaired) electrons. The molecule has 11 heavy (non-hydrogen) atoms. The molecule has 1 aromatic carbocycles. The number of para-hydroxylation sites is 1. The molecular formula is C8H5ClIN. The van der Waals surface area contributed by atoms with Crippen molar-refractivity contribution in [1.82, 2.24) is 4.09 Å². The molecule has 0 saturated heterocycles. The van der Waals surface area contributed by atoms with Crippen LogP contribution in [0.5, 0.6) is 0 Å². The summed E-state index contributed by atoms with van der Waals surface area (Å²) in [4.78, 5) is 0. The maximum absolute atomic E-state index is 5.89. The molecule has 0 fully saturated rings. The molecule has 0 saturated carbocycles. The second-order valence-corrected chi connectivity index (χ2v) is 3.83. The van der Waals surface area contributed by atoms with E-state index in [9.17, 15) is 0 Å². The number of hydrogen-bond acceptors (Lipinski definition) is 0. The van der Waals surface area contributed by atoms with Gasteiger partial charge in [-0.1, -0.05) is 18.2 Å². The first kappa shape index (κ1) is 7.43. The van der Waals surface area contributed by atoms with Crippen LogP contribution in [0.2, 0.25) is 0 Å². The number of benzene rings is 1. The Hall–Kier alpha value is -0.220. The normalized spacial score (nSPS) is 10.7. The van der Waals surface area contributed by atoms with Crippen molar-refractivity contribution < 1.29 is 0 Å². The highest BCUT2D eigenvalue weighted by Crippen LogP contribution is 2.22. The minimum Gasteiger partial charge on any atom is -0.259 e. The summed E-state index contributed by atoms with van der Waals surface area (Å²) in [6, 6.07) is 8.07. The molecule has 1 aromatic heterocycles. The van der Waals surface area contributed by atoms with Gasteiger partial charge >= 0.3 is 0 Å². The lowest BCUT2D eigenvalue weighted by molar-refractivity contribution is 1.32. The van der Waals surface area contributed by atoms with E-state index in [2.05, 4.69) is 28.7 Å². The second kappa shape index (κ2) is 2.68. The van der Waals surface area contributed by atoms with Gasteiger partial charge in [-0.2, -0.15) is 0 Å². The first-order chi connectivity index (χ1) is 5.29. The van der Waals surface area contributed by atoms with E-state index < -0.39 is 0 Å². The Labute approximate surface area is 83.2 Å². The van der Waals surface area contributed by atoms with Crippen LogP contribution in [0, 0.1) is 3.57 Å². The summed E-state index contributed by atoms with van der Waals surface area (Å²) in [5.74, 6) is 0. The Morgan fingerprint density at radius 1 is 1.27 bits per heavy atom. The van der Waals surface area contributed by atoms with Crippen molar-refractivity contribution in [3.8, 4) is 0 Å². The van der Waals surface area contributed by atoms with E-state index in [-0.39, 0.29) is 0 Å². The Morgan fingerprint density at radius 2 is 2.00 bits per heavy atom. The SMILES string of the molecule is Cln1cc(I)c2ccccc21. The minimum absolute atomic E-state index is 1.07. The zero-order valence-corrected chi connectivity index (χ0v) is 8.50. The van der Waals surface area contributed by atoms with Crippen molar-refractivity contribution in [2.24, 2.45) is 0 Å². The smallest absolute Gasteiger partial charge is 0.0658 e. The number of rotatable bonds is 0. The fraction of sp³-hybridized carbons (Fsp3) is 0. The molecule has 0 aliphatic rings. The Morgan fingerprint density at radius 3 is 2.73 bits per heavy atom. The first-order valence-electron chi connectivity index (χ1n) is 3.21. The molecule has 2 aromatic rings. The molecule has 0 spiro atoms. The molecule has 0 amide bonds. The first-order valence-corrected chi connectivity index (χ1v) is 4.62. The average molecular weight is 277 g/mol. The van der Waals surface area contributed by atoms with Crippen molar-refractivity contribution in [2.45, 2.75) is 0 Å². The standard InChI is InChI=1S/C8H5ClIN/c9-11-5-7(10)6-3-1-2-4-8(6)11/h1-5H. The van der Waals surface area contributed by atoms with Crippen LogP contribution in [0.3, 0.4) is 0 Å². The summed E-state index contributed by atoms with van der Waals surface area (Å²) in [6.07, 6.45) is 1.91. The monoisotopic (exact) mass is 277 g/mol. The second-order valence-electron chi connectivity index (χ2n) is 2.31. The van der Waals surface area contributed by atoms with E-state index >= 15 is 0 Å². The quantitative estimate of drug-likeness (QED) is 0.652. The summed E-state index contributed by atoms with van der Waals surface area (Å²) < 4.78 is 2.81. The highest BCUT2D eigenvalue weighted by atomic mass is 127. The third kappa shape index (κ3) is 1.14. The third-order valence-corrected chi connectivity index (χ3v) is 2.76. The van der Waals surface area contributed by atoms with Crippen LogP contribution in [-0.4, -0.2) is 4.09 Å². The van der Waals surface area contributed by atoms with E-state index in [0.29, 0.717) is 0 Å². The van der Waals surface area contributed by atoms with Crippen molar-refractivity contribution in [2.75, 3.05) is 0 Å². The summed E-state index contributed by atoms with van der Waals surface area (Å²) >= 11 is 8.16. The maximum Gasteiger partial charge on any atom is 0.0658 e. The van der Waals surface area contributed by atoms with Gasteiger partial charge in [-0.15, -0.1) is 0 Å². The van der Waals surface area contributed by atoms with Gasteiger partial charge in [-0.3, -0.25) is 4.09 Å². The maximum atomic E-state index is 5.89. The topological polar surface area (TPSA) is 4.93 Å². The van der Waals surface area contributed by atoms with Crippen LogP contribution in [0.1, 0.15) is 0 Å². The molecule has 0 N–H and O–H groups in total. The van der Waals surface area contributed by atoms with Crippen molar-refractivity contribution in [3.63, 3.8) is 0 Å². The predicted molar refractivity (Wildman–Crippen MR) is 55.9 cm³/mol. The van der Waals surface area contributed by atoms with Crippen molar-refractivity contribution in [3.05, 3.63) is 34.0 Å². The molecule has 0 unspecified atom stereocenters. The van der Waals surface area contributed by atoms with Gasteiger partial charge in [0.05, 0.1) is 5.52 Å². The van der Waals surface area contributed by atoms with Gasteiger partial charge in [0.15, 0.2) is 0 Å². The summed E-state index contributed by atoms with van der Waals surface area (Å²) in [5.41, 5.74) is 1.07. The molecule has 2 rings (SSSR count). The summed E-state index contributed by atoms with van der Waals surface area (Å²) in [5, 5.41) is 1.21. The van der Waals surface area contributed by atoms with Crippen LogP contribution in [0.25, 0.3) is 10.9 Å². The number of aromatic nitrogens is 1. The van der Waals surface area contributed by atoms with Gasteiger partial charge in [0.25, 0.3) is 0 Å². The van der Waals surface area contributed by atoms with Crippen molar-refractivity contribution in [1.29, 1.82) is 0 Å². The van der Waals surface area contributed by atoms with Crippen molar-refractivity contribution >= 4 is 45.3 Å².